The number of thioether (sulfide) groups is 1. The van der Waals surface area contributed by atoms with E-state index >= 15 is 0 Å². The Morgan fingerprint density at radius 3 is 2.30 bits per heavy atom. The number of hydrogen-bond donors (Lipinski definition) is 1. The molecule has 0 saturated heterocycles. The maximum Gasteiger partial charge on any atom is 0.234 e. The van der Waals surface area contributed by atoms with E-state index in [2.05, 4.69) is 5.32 Å². The Morgan fingerprint density at radius 2 is 1.63 bits per heavy atom. The maximum atomic E-state index is 12.1. The topological polar surface area (TPSA) is 47.6 Å². The standard InChI is InChI=1S/C22H21NO3S/c1-16-4-3-5-20(14-16)26-19-8-6-17(7-9-19)23-22(24)15-27-21-12-10-18(25-2)11-13-21/h3-14H,15H2,1-2H3,(H,23,24). The summed E-state index contributed by atoms with van der Waals surface area (Å²) in [5.74, 6) is 2.61. The van der Waals surface area contributed by atoms with E-state index in [0.29, 0.717) is 5.75 Å². The number of aryl methyl sites for hydroxylation is 1. The van der Waals surface area contributed by atoms with Crippen molar-refractivity contribution in [2.45, 2.75) is 11.8 Å². The zero-order valence-corrected chi connectivity index (χ0v) is 16.1. The SMILES string of the molecule is COc1ccc(SCC(=O)Nc2ccc(Oc3cccc(C)c3)cc2)cc1. The minimum absolute atomic E-state index is 0.0526. The van der Waals surface area contributed by atoms with E-state index in [-0.39, 0.29) is 5.91 Å². The van der Waals surface area contributed by atoms with Gasteiger partial charge in [-0.3, -0.25) is 4.79 Å². The number of amides is 1. The minimum Gasteiger partial charge on any atom is -0.497 e. The van der Waals surface area contributed by atoms with Crippen molar-refractivity contribution >= 4 is 23.4 Å². The summed E-state index contributed by atoms with van der Waals surface area (Å²) in [7, 11) is 1.63. The van der Waals surface area contributed by atoms with Crippen molar-refractivity contribution in [1.29, 1.82) is 0 Å². The van der Waals surface area contributed by atoms with Gasteiger partial charge in [0.2, 0.25) is 5.91 Å². The molecule has 4 nitrogen and oxygen atoms in total. The van der Waals surface area contributed by atoms with Crippen molar-refractivity contribution < 1.29 is 14.3 Å². The van der Waals surface area contributed by atoms with Gasteiger partial charge in [0.1, 0.15) is 17.2 Å². The van der Waals surface area contributed by atoms with Gasteiger partial charge in [0, 0.05) is 10.6 Å². The van der Waals surface area contributed by atoms with Gasteiger partial charge in [-0.25, -0.2) is 0 Å². The van der Waals surface area contributed by atoms with Gasteiger partial charge in [-0.15, -0.1) is 11.8 Å². The Balaban J connectivity index is 1.50. The molecular formula is C22H21NO3S. The number of nitrogens with one attached hydrogen (secondary N) is 1. The Bertz CT molecular complexity index is 892. The Labute approximate surface area is 163 Å². The molecule has 0 fully saturated rings. The first-order valence-corrected chi connectivity index (χ1v) is 9.52. The lowest BCUT2D eigenvalue weighted by Crippen LogP contribution is -2.13. The number of rotatable bonds is 7. The van der Waals surface area contributed by atoms with E-state index < -0.39 is 0 Å². The lowest BCUT2D eigenvalue weighted by Gasteiger charge is -2.09. The third-order valence-corrected chi connectivity index (χ3v) is 4.80. The average molecular weight is 379 g/mol. The van der Waals surface area contributed by atoms with Crippen molar-refractivity contribution in [3.63, 3.8) is 0 Å². The van der Waals surface area contributed by atoms with Gasteiger partial charge in [-0.1, -0.05) is 12.1 Å². The molecular weight excluding hydrogens is 358 g/mol. The smallest absolute Gasteiger partial charge is 0.234 e. The molecule has 0 heterocycles. The van der Waals surface area contributed by atoms with Crippen LogP contribution in [-0.4, -0.2) is 18.8 Å². The van der Waals surface area contributed by atoms with E-state index in [1.807, 2.05) is 79.7 Å². The Morgan fingerprint density at radius 1 is 0.926 bits per heavy atom. The second-order valence-electron chi connectivity index (χ2n) is 5.96. The van der Waals surface area contributed by atoms with E-state index in [1.54, 1.807) is 7.11 Å². The van der Waals surface area contributed by atoms with Gasteiger partial charge >= 0.3 is 0 Å². The highest BCUT2D eigenvalue weighted by molar-refractivity contribution is 8.00. The van der Waals surface area contributed by atoms with Gasteiger partial charge in [-0.2, -0.15) is 0 Å². The predicted molar refractivity (Wildman–Crippen MR) is 110 cm³/mol. The van der Waals surface area contributed by atoms with Crippen LogP contribution in [0.5, 0.6) is 17.2 Å². The van der Waals surface area contributed by atoms with Crippen LogP contribution in [0.15, 0.2) is 77.7 Å². The van der Waals surface area contributed by atoms with E-state index in [4.69, 9.17) is 9.47 Å². The highest BCUT2D eigenvalue weighted by atomic mass is 32.2. The van der Waals surface area contributed by atoms with Gasteiger partial charge < -0.3 is 14.8 Å². The second kappa shape index (κ2) is 9.14. The summed E-state index contributed by atoms with van der Waals surface area (Å²) in [4.78, 5) is 13.2. The summed E-state index contributed by atoms with van der Waals surface area (Å²) in [6.45, 7) is 2.02. The van der Waals surface area contributed by atoms with Crippen molar-refractivity contribution in [3.05, 3.63) is 78.4 Å². The largest absolute Gasteiger partial charge is 0.497 e. The molecule has 3 rings (SSSR count). The Hall–Kier alpha value is -2.92. The summed E-state index contributed by atoms with van der Waals surface area (Å²) >= 11 is 1.48. The first kappa shape index (κ1) is 18.9. The van der Waals surface area contributed by atoms with E-state index in [1.165, 1.54) is 11.8 Å². The van der Waals surface area contributed by atoms with Crippen LogP contribution in [0.2, 0.25) is 0 Å². The van der Waals surface area contributed by atoms with Crippen LogP contribution in [0.25, 0.3) is 0 Å². The quantitative estimate of drug-likeness (QED) is 0.549. The molecule has 0 atom stereocenters. The Kier molecular flexibility index (Phi) is 6.39. The molecule has 0 saturated carbocycles. The normalized spacial score (nSPS) is 10.3. The fourth-order valence-corrected chi connectivity index (χ4v) is 3.14. The molecule has 0 spiro atoms. The molecule has 1 N–H and O–H groups in total. The van der Waals surface area contributed by atoms with Crippen LogP contribution in [0.4, 0.5) is 5.69 Å². The van der Waals surface area contributed by atoms with Crippen LogP contribution in [0, 0.1) is 6.92 Å². The lowest BCUT2D eigenvalue weighted by molar-refractivity contribution is -0.113. The average Bonchev–Trinajstić information content (AvgIpc) is 2.68. The van der Waals surface area contributed by atoms with E-state index in [9.17, 15) is 4.79 Å². The van der Waals surface area contributed by atoms with Crippen molar-refractivity contribution in [1.82, 2.24) is 0 Å². The maximum absolute atomic E-state index is 12.1. The zero-order chi connectivity index (χ0) is 19.1. The molecule has 0 aliphatic heterocycles. The summed E-state index contributed by atoms with van der Waals surface area (Å²) in [5, 5.41) is 2.89. The number of carbonyl (C=O) groups excluding carboxylic acids is 1. The fourth-order valence-electron chi connectivity index (χ4n) is 2.44. The molecule has 0 aromatic heterocycles. The second-order valence-corrected chi connectivity index (χ2v) is 7.00. The van der Waals surface area contributed by atoms with Gasteiger partial charge in [-0.05, 0) is 73.2 Å². The van der Waals surface area contributed by atoms with Gasteiger partial charge in [0.05, 0.1) is 12.9 Å². The van der Waals surface area contributed by atoms with E-state index in [0.717, 1.165) is 33.4 Å². The first-order valence-electron chi connectivity index (χ1n) is 8.54. The molecule has 0 bridgehead atoms. The first-order chi connectivity index (χ1) is 13.1. The molecule has 1 amide bonds. The van der Waals surface area contributed by atoms with Crippen LogP contribution < -0.4 is 14.8 Å². The van der Waals surface area contributed by atoms with Crippen molar-refractivity contribution in [2.24, 2.45) is 0 Å². The summed E-state index contributed by atoms with van der Waals surface area (Å²) in [5.41, 5.74) is 1.89. The zero-order valence-electron chi connectivity index (χ0n) is 15.3. The minimum atomic E-state index is -0.0526. The number of benzene rings is 3. The molecule has 0 unspecified atom stereocenters. The molecule has 0 aliphatic rings. The molecule has 27 heavy (non-hydrogen) atoms. The van der Waals surface area contributed by atoms with Gasteiger partial charge in [0.25, 0.3) is 0 Å². The molecule has 3 aromatic carbocycles. The van der Waals surface area contributed by atoms with Crippen LogP contribution in [-0.2, 0) is 4.79 Å². The predicted octanol–water partition coefficient (Wildman–Crippen LogP) is 5.53. The molecule has 0 aliphatic carbocycles. The number of carbonyl (C=O) groups is 1. The van der Waals surface area contributed by atoms with Crippen LogP contribution >= 0.6 is 11.8 Å². The summed E-state index contributed by atoms with van der Waals surface area (Å²) in [6, 6.07) is 22.9. The summed E-state index contributed by atoms with van der Waals surface area (Å²) in [6.07, 6.45) is 0. The molecule has 3 aromatic rings. The molecule has 5 heteroatoms. The van der Waals surface area contributed by atoms with Crippen LogP contribution in [0.1, 0.15) is 5.56 Å². The van der Waals surface area contributed by atoms with Crippen molar-refractivity contribution in [2.75, 3.05) is 18.2 Å². The number of ether oxygens (including phenoxy) is 2. The summed E-state index contributed by atoms with van der Waals surface area (Å²) < 4.78 is 10.9. The monoisotopic (exact) mass is 379 g/mol. The van der Waals surface area contributed by atoms with Crippen LogP contribution in [0.3, 0.4) is 0 Å². The number of anilines is 1. The third-order valence-electron chi connectivity index (χ3n) is 3.79. The number of methoxy groups -OCH3 is 1. The number of hydrogen-bond acceptors (Lipinski definition) is 4. The fraction of sp³-hybridized carbons (Fsp3) is 0.136. The lowest BCUT2D eigenvalue weighted by atomic mass is 10.2. The highest BCUT2D eigenvalue weighted by Gasteiger charge is 2.05. The highest BCUT2D eigenvalue weighted by Crippen LogP contribution is 2.24. The molecule has 138 valence electrons. The van der Waals surface area contributed by atoms with Crippen molar-refractivity contribution in [3.8, 4) is 17.2 Å². The molecule has 0 radical (unpaired) electrons. The third kappa shape index (κ3) is 5.79. The van der Waals surface area contributed by atoms with Gasteiger partial charge in [0.15, 0.2) is 0 Å².